The minimum absolute atomic E-state index is 0.398. The number of amides is 1. The van der Waals surface area contributed by atoms with Crippen LogP contribution in [0.5, 0.6) is 0 Å². The zero-order valence-corrected chi connectivity index (χ0v) is 11.7. The summed E-state index contributed by atoms with van der Waals surface area (Å²) in [5.74, 6) is -0.494. The molecule has 0 fully saturated rings. The summed E-state index contributed by atoms with van der Waals surface area (Å²) in [6.07, 6.45) is 0.892. The number of para-hydroxylation sites is 2. The molecular formula is C16H19N3O. The summed E-state index contributed by atoms with van der Waals surface area (Å²) in [4.78, 5) is 11.5. The third-order valence-corrected chi connectivity index (χ3v) is 3.35. The van der Waals surface area contributed by atoms with Crippen LogP contribution in [0.3, 0.4) is 0 Å². The van der Waals surface area contributed by atoms with Crippen molar-refractivity contribution in [1.29, 1.82) is 0 Å². The van der Waals surface area contributed by atoms with E-state index in [9.17, 15) is 4.79 Å². The fraction of sp³-hybridized carbons (Fsp3) is 0.188. The smallest absolute Gasteiger partial charge is 0.250 e. The summed E-state index contributed by atoms with van der Waals surface area (Å²) < 4.78 is 0. The Morgan fingerprint density at radius 3 is 2.50 bits per heavy atom. The Bertz CT molecular complexity index is 650. The molecule has 4 heteroatoms. The van der Waals surface area contributed by atoms with Gasteiger partial charge in [-0.25, -0.2) is 0 Å². The van der Waals surface area contributed by atoms with Crippen LogP contribution < -0.4 is 16.8 Å². The summed E-state index contributed by atoms with van der Waals surface area (Å²) in [5, 5.41) is 3.28. The van der Waals surface area contributed by atoms with Gasteiger partial charge in [-0.05, 0) is 36.6 Å². The van der Waals surface area contributed by atoms with Crippen molar-refractivity contribution in [2.24, 2.45) is 5.73 Å². The zero-order valence-electron chi connectivity index (χ0n) is 11.7. The van der Waals surface area contributed by atoms with Crippen LogP contribution in [0.4, 0.5) is 17.1 Å². The normalized spacial score (nSPS) is 10.3. The minimum atomic E-state index is -0.494. The molecule has 0 aliphatic carbocycles. The lowest BCUT2D eigenvalue weighted by molar-refractivity contribution is 0.100. The molecule has 0 aliphatic rings. The molecule has 0 unspecified atom stereocenters. The first kappa shape index (κ1) is 13.9. The third kappa shape index (κ3) is 2.59. The van der Waals surface area contributed by atoms with Crippen LogP contribution in [-0.4, -0.2) is 5.91 Å². The van der Waals surface area contributed by atoms with Crippen molar-refractivity contribution in [2.45, 2.75) is 20.3 Å². The molecule has 0 atom stereocenters. The van der Waals surface area contributed by atoms with Gasteiger partial charge >= 0.3 is 0 Å². The Labute approximate surface area is 118 Å². The first-order valence-electron chi connectivity index (χ1n) is 6.58. The number of rotatable bonds is 4. The number of anilines is 3. The second kappa shape index (κ2) is 5.65. The van der Waals surface area contributed by atoms with Crippen LogP contribution in [0.25, 0.3) is 0 Å². The SMILES string of the molecule is CCc1cccc(C)c1Nc1c(N)cccc1C(N)=O. The molecule has 0 aliphatic heterocycles. The Balaban J connectivity index is 2.53. The monoisotopic (exact) mass is 269 g/mol. The maximum atomic E-state index is 11.5. The highest BCUT2D eigenvalue weighted by Crippen LogP contribution is 2.31. The number of carbonyl (C=O) groups is 1. The molecule has 1 amide bonds. The number of aryl methyl sites for hydroxylation is 2. The standard InChI is InChI=1S/C16H19N3O/c1-3-11-7-4-6-10(2)14(11)19-15-12(16(18)20)8-5-9-13(15)17/h4-9,19H,3,17H2,1-2H3,(H2,18,20). The first-order chi connectivity index (χ1) is 9.54. The van der Waals surface area contributed by atoms with Crippen LogP contribution in [0.15, 0.2) is 36.4 Å². The average Bonchev–Trinajstić information content (AvgIpc) is 2.42. The van der Waals surface area contributed by atoms with E-state index in [1.807, 2.05) is 19.1 Å². The van der Waals surface area contributed by atoms with Gasteiger partial charge in [-0.3, -0.25) is 4.79 Å². The van der Waals surface area contributed by atoms with Crippen molar-refractivity contribution in [3.8, 4) is 0 Å². The Hall–Kier alpha value is -2.49. The van der Waals surface area contributed by atoms with Gasteiger partial charge in [0, 0.05) is 5.69 Å². The number of hydrogen-bond acceptors (Lipinski definition) is 3. The number of nitrogen functional groups attached to an aromatic ring is 1. The Morgan fingerprint density at radius 1 is 1.15 bits per heavy atom. The van der Waals surface area contributed by atoms with Crippen molar-refractivity contribution in [3.63, 3.8) is 0 Å². The summed E-state index contributed by atoms with van der Waals surface area (Å²) >= 11 is 0. The van der Waals surface area contributed by atoms with Crippen molar-refractivity contribution in [1.82, 2.24) is 0 Å². The molecule has 0 heterocycles. The molecule has 0 aromatic heterocycles. The van der Waals surface area contributed by atoms with Gasteiger partial charge in [0.1, 0.15) is 0 Å². The van der Waals surface area contributed by atoms with E-state index in [-0.39, 0.29) is 0 Å². The quantitative estimate of drug-likeness (QED) is 0.746. The lowest BCUT2D eigenvalue weighted by Gasteiger charge is -2.17. The molecule has 2 aromatic rings. The molecular weight excluding hydrogens is 250 g/mol. The van der Waals surface area contributed by atoms with Gasteiger partial charge in [-0.15, -0.1) is 0 Å². The summed E-state index contributed by atoms with van der Waals surface area (Å²) in [6, 6.07) is 11.2. The highest BCUT2D eigenvalue weighted by atomic mass is 16.1. The molecule has 0 radical (unpaired) electrons. The number of nitrogens with two attached hydrogens (primary N) is 2. The van der Waals surface area contributed by atoms with Gasteiger partial charge in [0.15, 0.2) is 0 Å². The second-order valence-electron chi connectivity index (χ2n) is 4.72. The molecule has 0 bridgehead atoms. The summed E-state index contributed by atoms with van der Waals surface area (Å²) in [5.41, 5.74) is 16.1. The lowest BCUT2D eigenvalue weighted by atomic mass is 10.0. The number of primary amides is 1. The predicted octanol–water partition coefficient (Wildman–Crippen LogP) is 2.98. The molecule has 2 rings (SSSR count). The molecule has 104 valence electrons. The fourth-order valence-electron chi connectivity index (χ4n) is 2.24. The van der Waals surface area contributed by atoms with Crippen LogP contribution in [-0.2, 0) is 6.42 Å². The van der Waals surface area contributed by atoms with Gasteiger partial charge in [0.05, 0.1) is 16.9 Å². The third-order valence-electron chi connectivity index (χ3n) is 3.35. The molecule has 2 aromatic carbocycles. The lowest BCUT2D eigenvalue weighted by Crippen LogP contribution is -2.15. The van der Waals surface area contributed by atoms with Gasteiger partial charge in [-0.1, -0.05) is 31.2 Å². The van der Waals surface area contributed by atoms with E-state index in [0.29, 0.717) is 16.9 Å². The van der Waals surface area contributed by atoms with Gasteiger partial charge in [0.25, 0.3) is 5.91 Å². The van der Waals surface area contributed by atoms with E-state index >= 15 is 0 Å². The van der Waals surface area contributed by atoms with E-state index in [4.69, 9.17) is 11.5 Å². The molecule has 0 spiro atoms. The summed E-state index contributed by atoms with van der Waals surface area (Å²) in [7, 11) is 0. The Kier molecular flexibility index (Phi) is 3.94. The molecule has 4 nitrogen and oxygen atoms in total. The van der Waals surface area contributed by atoms with E-state index in [0.717, 1.165) is 17.7 Å². The minimum Gasteiger partial charge on any atom is -0.397 e. The van der Waals surface area contributed by atoms with Crippen molar-refractivity contribution in [3.05, 3.63) is 53.1 Å². The summed E-state index contributed by atoms with van der Waals surface area (Å²) in [6.45, 7) is 4.11. The maximum Gasteiger partial charge on any atom is 0.250 e. The van der Waals surface area contributed by atoms with Crippen LogP contribution in [0.2, 0.25) is 0 Å². The highest BCUT2D eigenvalue weighted by molar-refractivity contribution is 6.02. The predicted molar refractivity (Wildman–Crippen MR) is 83.2 cm³/mol. The second-order valence-corrected chi connectivity index (χ2v) is 4.72. The van der Waals surface area contributed by atoms with Gasteiger partial charge in [-0.2, -0.15) is 0 Å². The van der Waals surface area contributed by atoms with Crippen LogP contribution >= 0.6 is 0 Å². The molecule has 5 N–H and O–H groups in total. The van der Waals surface area contributed by atoms with E-state index in [1.54, 1.807) is 18.2 Å². The van der Waals surface area contributed by atoms with Gasteiger partial charge in [0.2, 0.25) is 0 Å². The topological polar surface area (TPSA) is 81.1 Å². The van der Waals surface area contributed by atoms with Crippen molar-refractivity contribution in [2.75, 3.05) is 11.1 Å². The van der Waals surface area contributed by atoms with E-state index in [1.165, 1.54) is 5.56 Å². The fourth-order valence-corrected chi connectivity index (χ4v) is 2.24. The molecule has 0 saturated carbocycles. The van der Waals surface area contributed by atoms with Crippen molar-refractivity contribution < 1.29 is 4.79 Å². The highest BCUT2D eigenvalue weighted by Gasteiger charge is 2.13. The van der Waals surface area contributed by atoms with Crippen LogP contribution in [0.1, 0.15) is 28.4 Å². The van der Waals surface area contributed by atoms with E-state index in [2.05, 4.69) is 18.3 Å². The average molecular weight is 269 g/mol. The first-order valence-corrected chi connectivity index (χ1v) is 6.58. The zero-order chi connectivity index (χ0) is 14.7. The maximum absolute atomic E-state index is 11.5. The molecule has 20 heavy (non-hydrogen) atoms. The van der Waals surface area contributed by atoms with Gasteiger partial charge < -0.3 is 16.8 Å². The number of hydrogen-bond donors (Lipinski definition) is 3. The largest absolute Gasteiger partial charge is 0.397 e. The molecule has 0 saturated heterocycles. The van der Waals surface area contributed by atoms with Crippen molar-refractivity contribution >= 4 is 23.0 Å². The van der Waals surface area contributed by atoms with E-state index < -0.39 is 5.91 Å². The Morgan fingerprint density at radius 2 is 1.85 bits per heavy atom. The number of benzene rings is 2. The number of carbonyl (C=O) groups excluding carboxylic acids is 1. The number of nitrogens with one attached hydrogen (secondary N) is 1. The van der Waals surface area contributed by atoms with Crippen LogP contribution in [0, 0.1) is 6.92 Å².